The van der Waals surface area contributed by atoms with Crippen molar-refractivity contribution in [3.8, 4) is 23.0 Å². The van der Waals surface area contributed by atoms with Crippen LogP contribution in [0.3, 0.4) is 0 Å². The molecule has 0 spiro atoms. The molecule has 0 saturated carbocycles. The molecule has 0 atom stereocenters. The minimum Gasteiger partial charge on any atom is -0.444 e. The van der Waals surface area contributed by atoms with Crippen LogP contribution in [0.25, 0.3) is 22.0 Å². The molecule has 1 saturated heterocycles. The third kappa shape index (κ3) is 7.78. The second-order valence-corrected chi connectivity index (χ2v) is 17.1. The molecular formula is C29H41N5O4S. The number of carbonyl (C=O) groups is 1. The molecule has 9 nitrogen and oxygen atoms in total. The van der Waals surface area contributed by atoms with Gasteiger partial charge in [-0.15, -0.1) is 0 Å². The van der Waals surface area contributed by atoms with Gasteiger partial charge in [-0.05, 0) is 65.4 Å². The zero-order chi connectivity index (χ0) is 28.6. The van der Waals surface area contributed by atoms with Crippen molar-refractivity contribution in [1.29, 1.82) is 0 Å². The Balaban J connectivity index is 1.60. The predicted octanol–water partition coefficient (Wildman–Crippen LogP) is 4.48. The Kier molecular flexibility index (Phi) is 8.08. The van der Waals surface area contributed by atoms with E-state index in [2.05, 4.69) is 51.5 Å². The van der Waals surface area contributed by atoms with E-state index in [4.69, 9.17) is 9.47 Å². The van der Waals surface area contributed by atoms with Crippen LogP contribution in [0.1, 0.15) is 46.4 Å². The summed E-state index contributed by atoms with van der Waals surface area (Å²) >= 11 is 0. The quantitative estimate of drug-likeness (QED) is 0.341. The van der Waals surface area contributed by atoms with Gasteiger partial charge in [0, 0.05) is 47.7 Å². The van der Waals surface area contributed by atoms with Gasteiger partial charge in [-0.25, -0.2) is 24.5 Å². The maximum Gasteiger partial charge on any atom is 0.410 e. The highest BCUT2D eigenvalue weighted by Crippen LogP contribution is 2.36. The van der Waals surface area contributed by atoms with Gasteiger partial charge in [-0.2, -0.15) is 5.10 Å². The first-order valence-corrected chi connectivity index (χ1v) is 16.1. The number of amides is 1. The van der Waals surface area contributed by atoms with E-state index in [1.165, 1.54) is 0 Å². The van der Waals surface area contributed by atoms with Crippen LogP contribution in [0, 0.1) is 11.8 Å². The summed E-state index contributed by atoms with van der Waals surface area (Å²) in [5.41, 5.74) is 1.84. The van der Waals surface area contributed by atoms with E-state index in [-0.39, 0.29) is 12.1 Å². The lowest BCUT2D eigenvalue weighted by Gasteiger charge is -2.40. The molecule has 10 heteroatoms. The number of pyridine rings is 1. The van der Waals surface area contributed by atoms with Crippen molar-refractivity contribution in [2.24, 2.45) is 0 Å². The number of ether oxygens (including phenoxy) is 2. The van der Waals surface area contributed by atoms with Crippen LogP contribution in [-0.2, 0) is 16.2 Å². The normalized spacial score (nSPS) is 15.2. The fraction of sp³-hybridized carbons (Fsp3) is 0.552. The van der Waals surface area contributed by atoms with E-state index in [0.29, 0.717) is 32.1 Å². The highest BCUT2D eigenvalue weighted by molar-refractivity contribution is 8.32. The summed E-state index contributed by atoms with van der Waals surface area (Å²) in [5, 5.41) is 15.6. The standard InChI is InChI=1S/C29H41N5O4S/c1-28(2,3)38-27(35)32-17-23(18-32)34-19-25(21-14-31-33(16-21)20-37-11-12-39(6,7)8)24-13-22(30-15-26(24)34)9-10-29(4,5)36/h13-16,19,23,36H,11-12,17-18,20H2,1-8H3. The number of aromatic nitrogens is 4. The number of aliphatic hydroxyl groups is 1. The maximum atomic E-state index is 12.5. The molecule has 1 aliphatic heterocycles. The minimum absolute atomic E-state index is 0.0992. The van der Waals surface area contributed by atoms with E-state index in [1.807, 2.05) is 45.4 Å². The molecule has 1 amide bonds. The summed E-state index contributed by atoms with van der Waals surface area (Å²) < 4.78 is 15.4. The SMILES string of the molecule is CC(C)(O)C#Cc1cc2c(-c3cnn(COCCS(C)(C)C)c3)cn(C3CN(C(=O)OC(C)(C)C)C3)c2cn1. The van der Waals surface area contributed by atoms with Gasteiger partial charge in [0.15, 0.2) is 0 Å². The van der Waals surface area contributed by atoms with Crippen LogP contribution in [0.15, 0.2) is 30.9 Å². The lowest BCUT2D eigenvalue weighted by Crippen LogP contribution is -2.52. The molecule has 0 aromatic carbocycles. The Hall–Kier alpha value is -3.00. The molecule has 1 fully saturated rings. The van der Waals surface area contributed by atoms with Gasteiger partial charge < -0.3 is 24.0 Å². The van der Waals surface area contributed by atoms with Crippen molar-refractivity contribution in [1.82, 2.24) is 24.2 Å². The molecule has 4 rings (SSSR count). The van der Waals surface area contributed by atoms with E-state index in [1.54, 1.807) is 23.4 Å². The summed E-state index contributed by atoms with van der Waals surface area (Å²) in [6.07, 6.45) is 14.3. The Labute approximate surface area is 232 Å². The molecule has 0 unspecified atom stereocenters. The maximum absolute atomic E-state index is 12.5. The van der Waals surface area contributed by atoms with Crippen molar-refractivity contribution in [3.05, 3.63) is 36.5 Å². The lowest BCUT2D eigenvalue weighted by molar-refractivity contribution is 0.00158. The van der Waals surface area contributed by atoms with E-state index in [0.717, 1.165) is 27.8 Å². The average molecular weight is 556 g/mol. The second-order valence-electron chi connectivity index (χ2n) is 12.5. The Bertz CT molecular complexity index is 1390. The lowest BCUT2D eigenvalue weighted by atomic mass is 10.1. The summed E-state index contributed by atoms with van der Waals surface area (Å²) in [6.45, 7) is 11.1. The van der Waals surface area contributed by atoms with Gasteiger partial charge >= 0.3 is 6.09 Å². The van der Waals surface area contributed by atoms with Crippen LogP contribution >= 0.6 is 10.0 Å². The number of rotatable bonds is 7. The highest BCUT2D eigenvalue weighted by atomic mass is 32.3. The molecule has 4 heterocycles. The molecule has 0 radical (unpaired) electrons. The van der Waals surface area contributed by atoms with E-state index >= 15 is 0 Å². The Morgan fingerprint density at radius 2 is 1.87 bits per heavy atom. The third-order valence-electron chi connectivity index (χ3n) is 6.13. The van der Waals surface area contributed by atoms with Gasteiger partial charge in [-0.1, -0.05) is 5.92 Å². The third-order valence-corrected chi connectivity index (χ3v) is 7.52. The first-order valence-electron chi connectivity index (χ1n) is 13.1. The molecule has 0 bridgehead atoms. The fourth-order valence-corrected chi connectivity index (χ4v) is 4.73. The van der Waals surface area contributed by atoms with E-state index in [9.17, 15) is 9.90 Å². The van der Waals surface area contributed by atoms with Crippen molar-refractivity contribution in [2.75, 3.05) is 44.2 Å². The zero-order valence-electron chi connectivity index (χ0n) is 24.3. The van der Waals surface area contributed by atoms with Gasteiger partial charge in [0.25, 0.3) is 0 Å². The number of carbonyl (C=O) groups excluding carboxylic acids is 1. The second kappa shape index (κ2) is 10.9. The zero-order valence-corrected chi connectivity index (χ0v) is 25.1. The predicted molar refractivity (Wildman–Crippen MR) is 157 cm³/mol. The van der Waals surface area contributed by atoms with Crippen LogP contribution in [0.5, 0.6) is 0 Å². The van der Waals surface area contributed by atoms with Gasteiger partial charge in [0.1, 0.15) is 23.6 Å². The van der Waals surface area contributed by atoms with Crippen molar-refractivity contribution >= 4 is 27.0 Å². The first kappa shape index (κ1) is 29.0. The number of fused-ring (bicyclic) bond motifs is 1. The Morgan fingerprint density at radius 1 is 1.15 bits per heavy atom. The monoisotopic (exact) mass is 555 g/mol. The van der Waals surface area contributed by atoms with Gasteiger partial charge in [0.2, 0.25) is 0 Å². The van der Waals surface area contributed by atoms with E-state index < -0.39 is 21.2 Å². The van der Waals surface area contributed by atoms with Crippen molar-refractivity contribution in [3.63, 3.8) is 0 Å². The van der Waals surface area contributed by atoms with Crippen LogP contribution in [0.4, 0.5) is 4.79 Å². The molecule has 3 aromatic heterocycles. The molecule has 1 N–H and O–H groups in total. The fourth-order valence-electron chi connectivity index (χ4n) is 4.11. The number of likely N-dealkylation sites (tertiary alicyclic amines) is 1. The molecule has 212 valence electrons. The minimum atomic E-state index is -1.11. The first-order chi connectivity index (χ1) is 18.1. The average Bonchev–Trinajstić information content (AvgIpc) is 3.36. The largest absolute Gasteiger partial charge is 0.444 e. The van der Waals surface area contributed by atoms with Gasteiger partial charge in [0.05, 0.1) is 30.6 Å². The van der Waals surface area contributed by atoms with Crippen molar-refractivity contribution in [2.45, 2.75) is 58.6 Å². The topological polar surface area (TPSA) is 94.6 Å². The summed E-state index contributed by atoms with van der Waals surface area (Å²) in [4.78, 5) is 18.8. The van der Waals surface area contributed by atoms with Gasteiger partial charge in [-0.3, -0.25) is 0 Å². The van der Waals surface area contributed by atoms with Crippen LogP contribution in [0.2, 0.25) is 0 Å². The molecular weight excluding hydrogens is 514 g/mol. The Morgan fingerprint density at radius 3 is 2.51 bits per heavy atom. The molecule has 1 aliphatic rings. The van der Waals surface area contributed by atoms with Crippen LogP contribution < -0.4 is 0 Å². The molecule has 0 aliphatic carbocycles. The number of nitrogens with zero attached hydrogens (tertiary/aromatic N) is 5. The summed E-state index contributed by atoms with van der Waals surface area (Å²) in [5.74, 6) is 6.88. The molecule has 39 heavy (non-hydrogen) atoms. The summed E-state index contributed by atoms with van der Waals surface area (Å²) in [7, 11) is -0.602. The smallest absolute Gasteiger partial charge is 0.410 e. The number of hydrogen-bond acceptors (Lipinski definition) is 6. The molecule has 3 aromatic rings. The van der Waals surface area contributed by atoms with Crippen molar-refractivity contribution < 1.29 is 19.4 Å². The number of hydrogen-bond donors (Lipinski definition) is 1. The highest BCUT2D eigenvalue weighted by Gasteiger charge is 2.35. The van der Waals surface area contributed by atoms with Crippen LogP contribution in [-0.4, -0.2) is 90.8 Å². The summed E-state index contributed by atoms with van der Waals surface area (Å²) in [6, 6.07) is 2.05.